The molecule has 9 heteroatoms. The lowest BCUT2D eigenvalue weighted by Crippen LogP contribution is -2.29. The Labute approximate surface area is 201 Å². The molecule has 34 heavy (non-hydrogen) atoms. The number of non-ortho nitro benzene ring substituents is 1. The fourth-order valence-corrected chi connectivity index (χ4v) is 4.45. The quantitative estimate of drug-likeness (QED) is 0.225. The molecule has 0 saturated carbocycles. The van der Waals surface area contributed by atoms with E-state index >= 15 is 0 Å². The zero-order chi connectivity index (χ0) is 23.7. The maximum Gasteiger partial charge on any atom is 0.270 e. The molecule has 2 unspecified atom stereocenters. The van der Waals surface area contributed by atoms with Crippen LogP contribution in [-0.2, 0) is 0 Å². The number of hydrogen-bond donors (Lipinski definition) is 1. The third kappa shape index (κ3) is 3.97. The Balaban J connectivity index is 1.58. The fourth-order valence-electron chi connectivity index (χ4n) is 4.10. The first-order chi connectivity index (χ1) is 16.5. The van der Waals surface area contributed by atoms with Crippen molar-refractivity contribution in [3.63, 3.8) is 0 Å². The number of rotatable bonds is 6. The number of hydrogen-bond acceptors (Lipinski definition) is 6. The third-order valence-electron chi connectivity index (χ3n) is 5.71. The number of nitrogens with one attached hydrogen (secondary N) is 1. The molecule has 1 aliphatic rings. The van der Waals surface area contributed by atoms with Crippen molar-refractivity contribution in [3.05, 3.63) is 107 Å². The number of nitro benzene ring substituents is 1. The standard InChI is InChI=1S/C25H20N4O4S/c1-32-19-10-8-17(9-11-19)28-24(23(27-25(28)34)20-7-2-3-14-26-20)22-13-12-21(33-22)16-5-4-6-18(15-16)29(30)31/h2-15,23-24H,1H3,(H,27,34). The summed E-state index contributed by atoms with van der Waals surface area (Å²) in [5.41, 5.74) is 2.32. The Morgan fingerprint density at radius 2 is 1.91 bits per heavy atom. The SMILES string of the molecule is COc1ccc(N2C(=S)NC(c3ccccn3)C2c2ccc(-c3cccc([N+](=O)[O-])c3)o2)cc1. The summed E-state index contributed by atoms with van der Waals surface area (Å²) in [6.45, 7) is 0. The van der Waals surface area contributed by atoms with Crippen LogP contribution in [0.15, 0.2) is 89.5 Å². The van der Waals surface area contributed by atoms with Crippen LogP contribution >= 0.6 is 12.2 Å². The van der Waals surface area contributed by atoms with E-state index in [9.17, 15) is 10.1 Å². The van der Waals surface area contributed by atoms with E-state index in [2.05, 4.69) is 10.3 Å². The van der Waals surface area contributed by atoms with Gasteiger partial charge in [0.2, 0.25) is 0 Å². The van der Waals surface area contributed by atoms with Crippen molar-refractivity contribution >= 4 is 28.7 Å². The van der Waals surface area contributed by atoms with Gasteiger partial charge in [0.05, 0.1) is 23.8 Å². The maximum atomic E-state index is 11.2. The van der Waals surface area contributed by atoms with Crippen LogP contribution in [-0.4, -0.2) is 22.1 Å². The van der Waals surface area contributed by atoms with Gasteiger partial charge in [0.25, 0.3) is 5.69 Å². The molecule has 2 aromatic heterocycles. The summed E-state index contributed by atoms with van der Waals surface area (Å²) in [6.07, 6.45) is 1.74. The van der Waals surface area contributed by atoms with Gasteiger partial charge in [-0.2, -0.15) is 0 Å². The summed E-state index contributed by atoms with van der Waals surface area (Å²) in [4.78, 5) is 17.3. The second-order valence-corrected chi connectivity index (χ2v) is 8.09. The van der Waals surface area contributed by atoms with Gasteiger partial charge in [-0.3, -0.25) is 15.1 Å². The van der Waals surface area contributed by atoms with Crippen molar-refractivity contribution in [2.24, 2.45) is 0 Å². The number of aromatic nitrogens is 1. The van der Waals surface area contributed by atoms with Gasteiger partial charge >= 0.3 is 0 Å². The Morgan fingerprint density at radius 3 is 2.62 bits per heavy atom. The van der Waals surface area contributed by atoms with Crippen LogP contribution in [0.4, 0.5) is 11.4 Å². The summed E-state index contributed by atoms with van der Waals surface area (Å²) in [6, 6.07) is 22.8. The highest BCUT2D eigenvalue weighted by atomic mass is 32.1. The molecule has 1 aliphatic heterocycles. The van der Waals surface area contributed by atoms with Crippen molar-refractivity contribution in [1.82, 2.24) is 10.3 Å². The van der Waals surface area contributed by atoms with E-state index in [1.165, 1.54) is 12.1 Å². The average Bonchev–Trinajstić information content (AvgIpc) is 3.49. The number of thiocarbonyl (C=S) groups is 1. The van der Waals surface area contributed by atoms with E-state index in [0.29, 0.717) is 22.2 Å². The molecule has 4 aromatic rings. The predicted molar refractivity (Wildman–Crippen MR) is 132 cm³/mol. The molecule has 0 radical (unpaired) electrons. The van der Waals surface area contributed by atoms with E-state index in [-0.39, 0.29) is 17.8 Å². The van der Waals surface area contributed by atoms with Gasteiger partial charge in [0.15, 0.2) is 5.11 Å². The van der Waals surface area contributed by atoms with E-state index in [1.807, 2.05) is 59.5 Å². The number of nitrogens with zero attached hydrogens (tertiary/aromatic N) is 3. The van der Waals surface area contributed by atoms with E-state index in [4.69, 9.17) is 21.4 Å². The summed E-state index contributed by atoms with van der Waals surface area (Å²) >= 11 is 5.72. The van der Waals surface area contributed by atoms with Crippen LogP contribution in [0.25, 0.3) is 11.3 Å². The molecule has 2 aromatic carbocycles. The first-order valence-corrected chi connectivity index (χ1v) is 11.0. The Bertz CT molecular complexity index is 1340. The molecule has 170 valence electrons. The van der Waals surface area contributed by atoms with Crippen molar-refractivity contribution in [1.29, 1.82) is 0 Å². The van der Waals surface area contributed by atoms with Crippen molar-refractivity contribution in [2.75, 3.05) is 12.0 Å². The van der Waals surface area contributed by atoms with Crippen molar-refractivity contribution < 1.29 is 14.1 Å². The lowest BCUT2D eigenvalue weighted by molar-refractivity contribution is -0.384. The highest BCUT2D eigenvalue weighted by Gasteiger charge is 2.42. The number of nitro groups is 1. The first kappa shape index (κ1) is 21.6. The summed E-state index contributed by atoms with van der Waals surface area (Å²) in [7, 11) is 1.62. The lowest BCUT2D eigenvalue weighted by Gasteiger charge is -2.26. The molecule has 5 rings (SSSR count). The largest absolute Gasteiger partial charge is 0.497 e. The number of benzene rings is 2. The van der Waals surface area contributed by atoms with Crippen molar-refractivity contribution in [3.8, 4) is 17.1 Å². The molecule has 0 bridgehead atoms. The Hall–Kier alpha value is -4.24. The highest BCUT2D eigenvalue weighted by molar-refractivity contribution is 7.80. The van der Waals surface area contributed by atoms with Crippen LogP contribution in [0.3, 0.4) is 0 Å². The van der Waals surface area contributed by atoms with Crippen LogP contribution in [0.5, 0.6) is 5.75 Å². The molecule has 1 fully saturated rings. The van der Waals surface area contributed by atoms with Crippen LogP contribution in [0, 0.1) is 10.1 Å². The maximum absolute atomic E-state index is 11.2. The zero-order valence-corrected chi connectivity index (χ0v) is 18.9. The summed E-state index contributed by atoms with van der Waals surface area (Å²) in [5.74, 6) is 1.93. The fraction of sp³-hybridized carbons (Fsp3) is 0.120. The zero-order valence-electron chi connectivity index (χ0n) is 18.1. The van der Waals surface area contributed by atoms with Crippen LogP contribution in [0.1, 0.15) is 23.5 Å². The van der Waals surface area contributed by atoms with Gasteiger partial charge in [0, 0.05) is 29.6 Å². The first-order valence-electron chi connectivity index (χ1n) is 10.5. The van der Waals surface area contributed by atoms with Gasteiger partial charge in [0.1, 0.15) is 23.3 Å². The number of pyridine rings is 1. The topological polar surface area (TPSA) is 93.7 Å². The minimum atomic E-state index is -0.421. The molecule has 8 nitrogen and oxygen atoms in total. The molecule has 0 amide bonds. The van der Waals surface area contributed by atoms with Crippen LogP contribution < -0.4 is 15.0 Å². The van der Waals surface area contributed by atoms with Crippen LogP contribution in [0.2, 0.25) is 0 Å². The third-order valence-corrected chi connectivity index (χ3v) is 6.02. The van der Waals surface area contributed by atoms with E-state index < -0.39 is 4.92 Å². The normalized spacial score (nSPS) is 17.4. The molecular formula is C25H20N4O4S. The molecule has 3 heterocycles. The average molecular weight is 473 g/mol. The number of methoxy groups -OCH3 is 1. The Morgan fingerprint density at radius 1 is 1.09 bits per heavy atom. The number of furan rings is 1. The van der Waals surface area contributed by atoms with Gasteiger partial charge < -0.3 is 19.4 Å². The molecule has 0 aliphatic carbocycles. The molecule has 1 N–H and O–H groups in total. The number of anilines is 1. The summed E-state index contributed by atoms with van der Waals surface area (Å²) in [5, 5.41) is 15.1. The smallest absolute Gasteiger partial charge is 0.270 e. The van der Waals surface area contributed by atoms with Gasteiger partial charge in [-0.05, 0) is 60.7 Å². The second-order valence-electron chi connectivity index (χ2n) is 7.70. The monoisotopic (exact) mass is 472 g/mol. The second kappa shape index (κ2) is 8.95. The van der Waals surface area contributed by atoms with E-state index in [0.717, 1.165) is 17.1 Å². The minimum absolute atomic E-state index is 0.00498. The molecule has 1 saturated heterocycles. The number of ether oxygens (including phenoxy) is 1. The minimum Gasteiger partial charge on any atom is -0.497 e. The van der Waals surface area contributed by atoms with Gasteiger partial charge in [-0.25, -0.2) is 0 Å². The van der Waals surface area contributed by atoms with E-state index in [1.54, 1.807) is 25.4 Å². The summed E-state index contributed by atoms with van der Waals surface area (Å²) < 4.78 is 11.6. The molecular weight excluding hydrogens is 452 g/mol. The van der Waals surface area contributed by atoms with Gasteiger partial charge in [-0.15, -0.1) is 0 Å². The Kier molecular flexibility index (Phi) is 5.69. The molecule has 2 atom stereocenters. The molecule has 0 spiro atoms. The predicted octanol–water partition coefficient (Wildman–Crippen LogP) is 5.44. The lowest BCUT2D eigenvalue weighted by atomic mass is 10.0. The highest BCUT2D eigenvalue weighted by Crippen LogP contribution is 2.43. The van der Waals surface area contributed by atoms with Crippen molar-refractivity contribution in [2.45, 2.75) is 12.1 Å². The van der Waals surface area contributed by atoms with Gasteiger partial charge in [-0.1, -0.05) is 18.2 Å².